The second-order valence-corrected chi connectivity index (χ2v) is 8.35. The van der Waals surface area contributed by atoms with Crippen molar-refractivity contribution in [2.75, 3.05) is 21.0 Å². The predicted octanol–water partition coefficient (Wildman–Crippen LogP) is 5.66. The lowest BCUT2D eigenvalue weighted by Crippen LogP contribution is -2.17. The Hall–Kier alpha value is -2.08. The van der Waals surface area contributed by atoms with E-state index in [2.05, 4.69) is 6.07 Å². The molecule has 0 aliphatic heterocycles. The summed E-state index contributed by atoms with van der Waals surface area (Å²) >= 11 is 0. The van der Waals surface area contributed by atoms with Gasteiger partial charge in [0.15, 0.2) is 6.79 Å². The van der Waals surface area contributed by atoms with Crippen molar-refractivity contribution in [2.24, 2.45) is 5.92 Å². The van der Waals surface area contributed by atoms with Crippen molar-refractivity contribution in [3.63, 3.8) is 0 Å². The Labute approximate surface area is 186 Å². The first-order valence-corrected chi connectivity index (χ1v) is 11.3. The fraction of sp³-hybridized carbons (Fsp3) is 0.538. The quantitative estimate of drug-likeness (QED) is 0.495. The molecule has 31 heavy (non-hydrogen) atoms. The van der Waals surface area contributed by atoms with Crippen molar-refractivity contribution in [3.05, 3.63) is 59.7 Å². The zero-order valence-corrected chi connectivity index (χ0v) is 18.8. The van der Waals surface area contributed by atoms with Gasteiger partial charge in [-0.3, -0.25) is 0 Å². The highest BCUT2D eigenvalue weighted by Gasteiger charge is 2.23. The third kappa shape index (κ3) is 7.53. The van der Waals surface area contributed by atoms with Crippen LogP contribution >= 0.6 is 0 Å². The molecule has 0 saturated heterocycles. The average Bonchev–Trinajstić information content (AvgIpc) is 2.79. The monoisotopic (exact) mass is 428 g/mol. The van der Waals surface area contributed by atoms with Crippen LogP contribution in [0, 0.1) is 5.92 Å². The summed E-state index contributed by atoms with van der Waals surface area (Å²) in [5, 5.41) is 9.96. The topological polar surface area (TPSA) is 57.2 Å². The highest BCUT2D eigenvalue weighted by Crippen LogP contribution is 2.37. The van der Waals surface area contributed by atoms with Crippen molar-refractivity contribution in [2.45, 2.75) is 63.8 Å². The summed E-state index contributed by atoms with van der Waals surface area (Å²) < 4.78 is 22.7. The minimum Gasteiger partial charge on any atom is -0.497 e. The number of methoxy groups -OCH3 is 2. The van der Waals surface area contributed by atoms with Gasteiger partial charge in [-0.1, -0.05) is 56.0 Å². The van der Waals surface area contributed by atoms with Gasteiger partial charge in [-0.2, -0.15) is 0 Å². The van der Waals surface area contributed by atoms with Gasteiger partial charge in [-0.25, -0.2) is 0 Å². The van der Waals surface area contributed by atoms with Crippen molar-refractivity contribution >= 4 is 0 Å². The molecule has 0 heterocycles. The summed E-state index contributed by atoms with van der Waals surface area (Å²) in [4.78, 5) is 0. The fourth-order valence-corrected chi connectivity index (χ4v) is 4.32. The summed E-state index contributed by atoms with van der Waals surface area (Å²) in [7, 11) is 3.30. The van der Waals surface area contributed by atoms with E-state index in [4.69, 9.17) is 18.9 Å². The van der Waals surface area contributed by atoms with E-state index in [0.29, 0.717) is 12.5 Å². The van der Waals surface area contributed by atoms with E-state index in [-0.39, 0.29) is 19.0 Å². The van der Waals surface area contributed by atoms with E-state index in [0.717, 1.165) is 67.6 Å². The zero-order chi connectivity index (χ0) is 21.9. The molecule has 1 unspecified atom stereocenters. The SMILES string of the molecule is COCOc1ccccc1C(CC1CCCC(O)CCC1)OCc1ccc(OC)cc1. The first-order chi connectivity index (χ1) is 15.2. The van der Waals surface area contributed by atoms with E-state index in [1.807, 2.05) is 42.5 Å². The summed E-state index contributed by atoms with van der Waals surface area (Å²) in [5.74, 6) is 2.23. The first kappa shape index (κ1) is 23.6. The summed E-state index contributed by atoms with van der Waals surface area (Å²) in [5.41, 5.74) is 2.18. The second-order valence-electron chi connectivity index (χ2n) is 8.35. The molecule has 3 rings (SSSR count). The minimum atomic E-state index is -0.133. The molecule has 0 amide bonds. The molecule has 0 radical (unpaired) electrons. The number of aliphatic hydroxyl groups excluding tert-OH is 1. The normalized spacial score (nSPS) is 20.5. The Morgan fingerprint density at radius 3 is 2.32 bits per heavy atom. The number of aliphatic hydroxyl groups is 1. The number of hydrogen-bond donors (Lipinski definition) is 1. The highest BCUT2D eigenvalue weighted by atomic mass is 16.7. The molecule has 0 aromatic heterocycles. The van der Waals surface area contributed by atoms with Crippen LogP contribution in [0.2, 0.25) is 0 Å². The van der Waals surface area contributed by atoms with Crippen LogP contribution in [0.25, 0.3) is 0 Å². The molecule has 1 aliphatic rings. The summed E-state index contributed by atoms with van der Waals surface area (Å²) in [6.07, 6.45) is 6.94. The third-order valence-corrected chi connectivity index (χ3v) is 6.06. The second kappa shape index (κ2) is 12.7. The van der Waals surface area contributed by atoms with Crippen LogP contribution in [0.3, 0.4) is 0 Å². The maximum Gasteiger partial charge on any atom is 0.188 e. The number of benzene rings is 2. The lowest BCUT2D eigenvalue weighted by atomic mass is 9.85. The molecule has 2 aromatic rings. The van der Waals surface area contributed by atoms with Gasteiger partial charge in [0.2, 0.25) is 0 Å². The van der Waals surface area contributed by atoms with Crippen LogP contribution in [0.1, 0.15) is 62.2 Å². The van der Waals surface area contributed by atoms with E-state index < -0.39 is 0 Å². The van der Waals surface area contributed by atoms with Crippen molar-refractivity contribution in [3.8, 4) is 11.5 Å². The molecule has 0 spiro atoms. The van der Waals surface area contributed by atoms with Gasteiger partial charge >= 0.3 is 0 Å². The van der Waals surface area contributed by atoms with E-state index in [1.165, 1.54) is 0 Å². The van der Waals surface area contributed by atoms with Gasteiger partial charge in [-0.15, -0.1) is 0 Å². The molecular weight excluding hydrogens is 392 g/mol. The minimum absolute atomic E-state index is 0.0653. The Bertz CT molecular complexity index is 751. The average molecular weight is 429 g/mol. The van der Waals surface area contributed by atoms with Crippen LogP contribution in [-0.4, -0.2) is 32.2 Å². The number of para-hydroxylation sites is 1. The molecule has 1 aliphatic carbocycles. The van der Waals surface area contributed by atoms with Gasteiger partial charge in [0.1, 0.15) is 11.5 Å². The molecule has 2 aromatic carbocycles. The van der Waals surface area contributed by atoms with Crippen LogP contribution in [0.4, 0.5) is 0 Å². The van der Waals surface area contributed by atoms with Crippen molar-refractivity contribution in [1.82, 2.24) is 0 Å². The summed E-state index contributed by atoms with van der Waals surface area (Å²) in [6, 6.07) is 16.1. The van der Waals surface area contributed by atoms with E-state index in [9.17, 15) is 5.11 Å². The lowest BCUT2D eigenvalue weighted by molar-refractivity contribution is 0.0113. The number of rotatable bonds is 10. The molecule has 1 saturated carbocycles. The van der Waals surface area contributed by atoms with Gasteiger partial charge < -0.3 is 24.1 Å². The zero-order valence-electron chi connectivity index (χ0n) is 18.8. The molecule has 1 N–H and O–H groups in total. The molecule has 0 bridgehead atoms. The van der Waals surface area contributed by atoms with Gasteiger partial charge in [-0.05, 0) is 48.9 Å². The molecule has 5 nitrogen and oxygen atoms in total. The van der Waals surface area contributed by atoms with Crippen LogP contribution < -0.4 is 9.47 Å². The number of hydrogen-bond acceptors (Lipinski definition) is 5. The van der Waals surface area contributed by atoms with Crippen molar-refractivity contribution < 1.29 is 24.1 Å². The summed E-state index contributed by atoms with van der Waals surface area (Å²) in [6.45, 7) is 0.738. The van der Waals surface area contributed by atoms with Crippen molar-refractivity contribution in [1.29, 1.82) is 0 Å². The maximum absolute atomic E-state index is 9.96. The largest absolute Gasteiger partial charge is 0.497 e. The van der Waals surface area contributed by atoms with Gasteiger partial charge in [0, 0.05) is 12.7 Å². The first-order valence-electron chi connectivity index (χ1n) is 11.3. The van der Waals surface area contributed by atoms with Crippen LogP contribution in [-0.2, 0) is 16.1 Å². The predicted molar refractivity (Wildman–Crippen MR) is 121 cm³/mol. The fourth-order valence-electron chi connectivity index (χ4n) is 4.32. The molecular formula is C26H36O5. The molecule has 5 heteroatoms. The Kier molecular flexibility index (Phi) is 9.66. The van der Waals surface area contributed by atoms with Gasteiger partial charge in [0.05, 0.1) is 25.9 Å². The Balaban J connectivity index is 1.74. The smallest absolute Gasteiger partial charge is 0.188 e. The van der Waals surface area contributed by atoms with Crippen LogP contribution in [0.15, 0.2) is 48.5 Å². The lowest BCUT2D eigenvalue weighted by Gasteiger charge is -2.28. The number of ether oxygens (including phenoxy) is 4. The standard InChI is InChI=1S/C26H36O5/c1-28-19-31-25-12-4-3-11-24(25)26(17-20-7-5-9-22(27)10-6-8-20)30-18-21-13-15-23(29-2)16-14-21/h3-4,11-16,20,22,26-27H,5-10,17-19H2,1-2H3. The van der Waals surface area contributed by atoms with E-state index in [1.54, 1.807) is 14.2 Å². The maximum atomic E-state index is 9.96. The van der Waals surface area contributed by atoms with E-state index >= 15 is 0 Å². The van der Waals surface area contributed by atoms with Crippen LogP contribution in [0.5, 0.6) is 11.5 Å². The highest BCUT2D eigenvalue weighted by molar-refractivity contribution is 5.35. The molecule has 170 valence electrons. The third-order valence-electron chi connectivity index (χ3n) is 6.06. The Morgan fingerprint density at radius 1 is 0.935 bits per heavy atom. The Morgan fingerprint density at radius 2 is 1.65 bits per heavy atom. The molecule has 1 atom stereocenters. The molecule has 1 fully saturated rings. The van der Waals surface area contributed by atoms with Gasteiger partial charge in [0.25, 0.3) is 0 Å².